The van der Waals surface area contributed by atoms with Crippen molar-refractivity contribution in [3.05, 3.63) is 279 Å². The SMILES string of the molecule is [Au+].[Au+].[C-]#Cc1cc2ccccc2c2ccccc12.[C-]#Cc1cc2ccccc2c2ccccc12.c1ccc([PH+](CC[PH+](c2ccccc2)c2cccc3ccccc23)c2cccc3ccccc23)cc1. The van der Waals surface area contributed by atoms with Crippen LogP contribution in [-0.4, -0.2) is 12.3 Å². The van der Waals surface area contributed by atoms with E-state index in [0.29, 0.717) is 0 Å². The Morgan fingerprint density at radius 1 is 0.271 bits per heavy atom. The maximum atomic E-state index is 7.35. The van der Waals surface area contributed by atoms with Crippen molar-refractivity contribution in [2.45, 2.75) is 0 Å². The van der Waals surface area contributed by atoms with Crippen molar-refractivity contribution in [3.8, 4) is 11.8 Å². The summed E-state index contributed by atoms with van der Waals surface area (Å²) in [5, 5.41) is 21.0. The third kappa shape index (κ3) is 10.8. The van der Waals surface area contributed by atoms with E-state index in [9.17, 15) is 0 Å². The van der Waals surface area contributed by atoms with E-state index in [1.165, 1.54) is 76.6 Å². The fourth-order valence-electron chi connectivity index (χ4n) is 9.69. The molecule has 0 amide bonds. The summed E-state index contributed by atoms with van der Waals surface area (Å²) >= 11 is 0. The summed E-state index contributed by atoms with van der Waals surface area (Å²) in [6, 6.07) is 90.9. The topological polar surface area (TPSA) is 0 Å². The summed E-state index contributed by atoms with van der Waals surface area (Å²) < 4.78 is 0. The molecule has 4 heteroatoms. The van der Waals surface area contributed by atoms with Crippen LogP contribution in [0.5, 0.6) is 0 Å². The van der Waals surface area contributed by atoms with Gasteiger partial charge >= 0.3 is 44.8 Å². The molecule has 0 saturated carbocycles. The molecule has 342 valence electrons. The fourth-order valence-corrected chi connectivity index (χ4v) is 16.3. The Hall–Kier alpha value is -6.34. The Labute approximate surface area is 445 Å². The summed E-state index contributed by atoms with van der Waals surface area (Å²) in [5.41, 5.74) is 1.71. The first-order valence-electron chi connectivity index (χ1n) is 23.1. The van der Waals surface area contributed by atoms with E-state index in [1.54, 1.807) is 0 Å². The Morgan fingerprint density at radius 3 is 0.929 bits per heavy atom. The minimum atomic E-state index is -0.961. The third-order valence-electron chi connectivity index (χ3n) is 12.9. The van der Waals surface area contributed by atoms with Gasteiger partial charge in [-0.15, -0.1) is 23.3 Å². The summed E-state index contributed by atoms with van der Waals surface area (Å²) in [7, 11) is -1.92. The van der Waals surface area contributed by atoms with Gasteiger partial charge in [-0.1, -0.05) is 217 Å². The van der Waals surface area contributed by atoms with Crippen molar-refractivity contribution in [3.63, 3.8) is 0 Å². The van der Waals surface area contributed by atoms with Crippen LogP contribution in [0, 0.1) is 24.7 Å². The molecule has 0 nitrogen and oxygen atoms in total. The van der Waals surface area contributed by atoms with Crippen molar-refractivity contribution < 1.29 is 44.8 Å². The van der Waals surface area contributed by atoms with Gasteiger partial charge in [0.15, 0.2) is 0 Å². The molecule has 12 aromatic carbocycles. The fraction of sp³-hybridized carbons (Fsp3) is 0.0303. The van der Waals surface area contributed by atoms with Crippen LogP contribution in [0.2, 0.25) is 0 Å². The molecule has 0 N–H and O–H groups in total. The molecule has 0 spiro atoms. The molecule has 0 heterocycles. The van der Waals surface area contributed by atoms with Crippen LogP contribution in [0.25, 0.3) is 64.6 Å². The van der Waals surface area contributed by atoms with Crippen LogP contribution in [0.1, 0.15) is 11.1 Å². The van der Waals surface area contributed by atoms with E-state index >= 15 is 0 Å². The Bertz CT molecular complexity index is 3540. The second-order valence-corrected chi connectivity index (χ2v) is 22.0. The quantitative estimate of drug-likeness (QED) is 0.0490. The van der Waals surface area contributed by atoms with E-state index in [-0.39, 0.29) is 44.8 Å². The van der Waals surface area contributed by atoms with Crippen LogP contribution in [0.15, 0.2) is 255 Å². The molecule has 0 aliphatic rings. The summed E-state index contributed by atoms with van der Waals surface area (Å²) in [6.45, 7) is 0. The van der Waals surface area contributed by atoms with Crippen LogP contribution >= 0.6 is 15.8 Å². The van der Waals surface area contributed by atoms with Crippen LogP contribution in [-0.2, 0) is 44.8 Å². The largest absolute Gasteiger partial charge is 1.00 e. The van der Waals surface area contributed by atoms with Gasteiger partial charge in [0, 0.05) is 10.8 Å². The molecule has 0 aliphatic carbocycles. The standard InChI is InChI=1S/C34H28P2.2C16H9.2Au/c1-3-17-29(18-4-1)35(33-23-11-15-27-13-7-9-21-31(27)33)25-26-36(30-19-5-2-6-20-30)34-24-12-16-28-14-8-10-22-32(28)34;2*1-2-12-11-13-7-3-4-9-15(13)16-10-6-5-8-14(12)16;;/h1-24H,25-26H2;2*3-11H;;/q;2*-1;2*+1/p+2. The van der Waals surface area contributed by atoms with Gasteiger partial charge < -0.3 is 12.8 Å². The second kappa shape index (κ2) is 24.0. The first-order valence-corrected chi connectivity index (χ1v) is 26.5. The van der Waals surface area contributed by atoms with Gasteiger partial charge in [-0.25, -0.2) is 0 Å². The van der Waals surface area contributed by atoms with Gasteiger partial charge in [-0.05, 0) is 79.5 Å². The van der Waals surface area contributed by atoms with E-state index in [2.05, 4.69) is 194 Å². The zero-order valence-corrected chi connectivity index (χ0v) is 44.6. The predicted octanol–water partition coefficient (Wildman–Crippen LogP) is 14.9. The minimum Gasteiger partial charge on any atom is -0.366 e. The first kappa shape index (κ1) is 50.1. The van der Waals surface area contributed by atoms with E-state index < -0.39 is 15.8 Å². The molecule has 0 bridgehead atoms. The number of fused-ring (bicyclic) bond motifs is 8. The summed E-state index contributed by atoms with van der Waals surface area (Å²) in [5.74, 6) is 5.02. The molecule has 0 radical (unpaired) electrons. The maximum Gasteiger partial charge on any atom is 1.00 e. The molecular weight excluding hydrogens is 1250 g/mol. The smallest absolute Gasteiger partial charge is 0.366 e. The average Bonchev–Trinajstić information content (AvgIpc) is 3.42. The minimum absolute atomic E-state index is 0. The first-order chi connectivity index (χ1) is 33.7. The summed E-state index contributed by atoms with van der Waals surface area (Å²) in [6.07, 6.45) is 17.1. The van der Waals surface area contributed by atoms with Gasteiger partial charge in [0.25, 0.3) is 0 Å². The Kier molecular flexibility index (Phi) is 17.2. The van der Waals surface area contributed by atoms with Gasteiger partial charge in [0.1, 0.15) is 22.9 Å². The van der Waals surface area contributed by atoms with Gasteiger partial charge in [0.2, 0.25) is 0 Å². The van der Waals surface area contributed by atoms with Crippen LogP contribution < -0.4 is 21.2 Å². The molecule has 12 rings (SSSR count). The predicted molar refractivity (Wildman–Crippen MR) is 301 cm³/mol. The van der Waals surface area contributed by atoms with Crippen LogP contribution in [0.3, 0.4) is 0 Å². The molecule has 0 aromatic heterocycles. The van der Waals surface area contributed by atoms with Crippen molar-refractivity contribution in [1.29, 1.82) is 0 Å². The van der Waals surface area contributed by atoms with Crippen molar-refractivity contribution in [1.82, 2.24) is 0 Å². The Balaban J connectivity index is 0.000000160. The summed E-state index contributed by atoms with van der Waals surface area (Å²) in [4.78, 5) is 0. The normalized spacial score (nSPS) is 11.5. The molecule has 2 unspecified atom stereocenters. The molecular formula is C66H48Au2P2+2. The molecule has 70 heavy (non-hydrogen) atoms. The van der Waals surface area contributed by atoms with Crippen molar-refractivity contribution >= 4 is 102 Å². The van der Waals surface area contributed by atoms with E-state index in [0.717, 1.165) is 32.7 Å². The number of hydrogen-bond acceptors (Lipinski definition) is 0. The monoisotopic (exact) mass is 1300 g/mol. The molecule has 0 saturated heterocycles. The second-order valence-electron chi connectivity index (χ2n) is 16.9. The zero-order valence-electron chi connectivity index (χ0n) is 38.3. The van der Waals surface area contributed by atoms with Crippen LogP contribution in [0.4, 0.5) is 0 Å². The van der Waals surface area contributed by atoms with Crippen molar-refractivity contribution in [2.75, 3.05) is 12.3 Å². The number of benzene rings is 12. The van der Waals surface area contributed by atoms with Gasteiger partial charge in [0.05, 0.1) is 26.5 Å². The van der Waals surface area contributed by atoms with E-state index in [1.807, 2.05) is 72.8 Å². The zero-order chi connectivity index (χ0) is 46.1. The molecule has 0 aliphatic heterocycles. The third-order valence-corrected chi connectivity index (χ3v) is 19.1. The number of rotatable bonds is 7. The number of hydrogen-bond donors (Lipinski definition) is 0. The molecule has 2 atom stereocenters. The van der Waals surface area contributed by atoms with E-state index in [4.69, 9.17) is 12.8 Å². The Morgan fingerprint density at radius 2 is 0.557 bits per heavy atom. The maximum absolute atomic E-state index is 7.35. The molecule has 12 aromatic rings. The molecule has 0 fully saturated rings. The van der Waals surface area contributed by atoms with Crippen molar-refractivity contribution in [2.24, 2.45) is 0 Å². The average molecular weight is 1300 g/mol. The van der Waals surface area contributed by atoms with Gasteiger partial charge in [-0.2, -0.15) is 0 Å². The van der Waals surface area contributed by atoms with Gasteiger partial charge in [-0.3, -0.25) is 11.8 Å².